The van der Waals surface area contributed by atoms with Crippen LogP contribution in [0, 0.1) is 0 Å². The lowest BCUT2D eigenvalue weighted by Gasteiger charge is -2.01. The van der Waals surface area contributed by atoms with Crippen molar-refractivity contribution in [1.29, 1.82) is 0 Å². The molecule has 0 amide bonds. The molecule has 0 atom stereocenters. The van der Waals surface area contributed by atoms with Crippen LogP contribution >= 0.6 is 35.0 Å². The van der Waals surface area contributed by atoms with Crippen LogP contribution in [0.4, 0.5) is 0 Å². The van der Waals surface area contributed by atoms with Gasteiger partial charge in [0, 0.05) is 29.7 Å². The Kier molecular flexibility index (Phi) is 5.59. The van der Waals surface area contributed by atoms with Crippen LogP contribution in [-0.4, -0.2) is 25.5 Å². The van der Waals surface area contributed by atoms with Gasteiger partial charge in [0.25, 0.3) is 5.22 Å². The molecule has 0 unspecified atom stereocenters. The van der Waals surface area contributed by atoms with Gasteiger partial charge in [-0.15, -0.1) is 10.2 Å². The number of imidazole rings is 1. The summed E-state index contributed by atoms with van der Waals surface area (Å²) >= 11 is 13.6. The fraction of sp³-hybridized carbons (Fsp3) is 0.267. The summed E-state index contributed by atoms with van der Waals surface area (Å²) in [7, 11) is 0. The molecule has 0 N–H and O–H groups in total. The van der Waals surface area contributed by atoms with Crippen LogP contribution < -0.4 is 0 Å². The van der Waals surface area contributed by atoms with E-state index >= 15 is 0 Å². The Morgan fingerprint density at radius 1 is 1.17 bits per heavy atom. The van der Waals surface area contributed by atoms with Crippen molar-refractivity contribution >= 4 is 35.0 Å². The molecule has 0 radical (unpaired) electrons. The number of unbranched alkanes of at least 4 members (excludes halogenated alkanes) is 1. The lowest BCUT2D eigenvalue weighted by Crippen LogP contribution is -1.94. The van der Waals surface area contributed by atoms with E-state index in [-0.39, 0.29) is 0 Å². The molecule has 2 heterocycles. The number of rotatable bonds is 7. The maximum atomic E-state index is 6.14. The fourth-order valence-electron chi connectivity index (χ4n) is 2.01. The van der Waals surface area contributed by atoms with Crippen LogP contribution in [0.1, 0.15) is 12.8 Å². The van der Waals surface area contributed by atoms with Gasteiger partial charge in [-0.25, -0.2) is 4.98 Å². The Balaban J connectivity index is 1.49. The lowest BCUT2D eigenvalue weighted by atomic mass is 10.2. The molecule has 3 rings (SSSR count). The average molecular weight is 369 g/mol. The minimum absolute atomic E-state index is 0.410. The zero-order chi connectivity index (χ0) is 16.1. The van der Waals surface area contributed by atoms with Gasteiger partial charge < -0.3 is 8.98 Å². The second-order valence-electron chi connectivity index (χ2n) is 4.85. The molecule has 0 aliphatic heterocycles. The van der Waals surface area contributed by atoms with E-state index in [0.717, 1.165) is 25.1 Å². The third kappa shape index (κ3) is 4.50. The van der Waals surface area contributed by atoms with Crippen molar-refractivity contribution in [3.8, 4) is 11.5 Å². The van der Waals surface area contributed by atoms with Crippen molar-refractivity contribution in [3.63, 3.8) is 0 Å². The second-order valence-corrected chi connectivity index (χ2v) is 6.74. The Hall–Kier alpha value is -1.50. The summed E-state index contributed by atoms with van der Waals surface area (Å²) in [5.41, 5.74) is 0.690. The number of benzene rings is 1. The number of halogens is 2. The molecule has 120 valence electrons. The molecular weight excluding hydrogens is 355 g/mol. The van der Waals surface area contributed by atoms with Gasteiger partial charge in [0.05, 0.1) is 16.9 Å². The normalized spacial score (nSPS) is 11.0. The highest BCUT2D eigenvalue weighted by molar-refractivity contribution is 7.99. The van der Waals surface area contributed by atoms with Crippen LogP contribution in [0.15, 0.2) is 46.6 Å². The maximum absolute atomic E-state index is 6.14. The van der Waals surface area contributed by atoms with Crippen LogP contribution in [0.2, 0.25) is 10.0 Å². The minimum Gasteiger partial charge on any atom is -0.411 e. The van der Waals surface area contributed by atoms with Crippen molar-refractivity contribution < 1.29 is 4.42 Å². The molecule has 0 aliphatic carbocycles. The van der Waals surface area contributed by atoms with Gasteiger partial charge in [0.1, 0.15) is 0 Å². The molecule has 0 bridgehead atoms. The third-order valence-electron chi connectivity index (χ3n) is 3.16. The molecule has 0 fully saturated rings. The quantitative estimate of drug-likeness (QED) is 0.442. The van der Waals surface area contributed by atoms with Crippen LogP contribution in [0.3, 0.4) is 0 Å². The Morgan fingerprint density at radius 2 is 2.09 bits per heavy atom. The Morgan fingerprint density at radius 3 is 2.87 bits per heavy atom. The molecule has 0 aliphatic rings. The predicted molar refractivity (Wildman–Crippen MR) is 91.9 cm³/mol. The summed E-state index contributed by atoms with van der Waals surface area (Å²) in [5.74, 6) is 1.33. The summed E-state index contributed by atoms with van der Waals surface area (Å²) in [6.45, 7) is 0.968. The van der Waals surface area contributed by atoms with E-state index in [2.05, 4.69) is 19.7 Å². The number of nitrogens with zero attached hydrogens (tertiary/aromatic N) is 4. The first-order valence-electron chi connectivity index (χ1n) is 7.10. The highest BCUT2D eigenvalue weighted by atomic mass is 35.5. The van der Waals surface area contributed by atoms with Crippen molar-refractivity contribution in [2.45, 2.75) is 24.6 Å². The van der Waals surface area contributed by atoms with Gasteiger partial charge in [-0.2, -0.15) is 0 Å². The lowest BCUT2D eigenvalue weighted by molar-refractivity contribution is 0.465. The summed E-state index contributed by atoms with van der Waals surface area (Å²) < 4.78 is 7.71. The highest BCUT2D eigenvalue weighted by Crippen LogP contribution is 2.31. The summed E-state index contributed by atoms with van der Waals surface area (Å²) in [4.78, 5) is 4.02. The van der Waals surface area contributed by atoms with E-state index in [4.69, 9.17) is 27.6 Å². The molecular formula is C15H14Cl2N4OS. The molecule has 0 saturated heterocycles. The smallest absolute Gasteiger partial charge is 0.276 e. The molecule has 3 aromatic rings. The van der Waals surface area contributed by atoms with E-state index < -0.39 is 0 Å². The first kappa shape index (κ1) is 16.4. The average Bonchev–Trinajstić information content (AvgIpc) is 3.18. The number of thioether (sulfide) groups is 1. The minimum atomic E-state index is 0.410. The number of hydrogen-bond acceptors (Lipinski definition) is 5. The van der Waals surface area contributed by atoms with E-state index in [1.54, 1.807) is 36.2 Å². The van der Waals surface area contributed by atoms with Gasteiger partial charge in [-0.3, -0.25) is 0 Å². The Bertz CT molecular complexity index is 761. The molecule has 8 heteroatoms. The van der Waals surface area contributed by atoms with Gasteiger partial charge in [0.15, 0.2) is 0 Å². The summed E-state index contributed by atoms with van der Waals surface area (Å²) in [6.07, 6.45) is 7.72. The molecule has 1 aromatic carbocycles. The van der Waals surface area contributed by atoms with Gasteiger partial charge in [0.2, 0.25) is 5.89 Å². The van der Waals surface area contributed by atoms with Crippen LogP contribution in [0.25, 0.3) is 11.5 Å². The predicted octanol–water partition coefficient (Wildman–Crippen LogP) is 4.81. The SMILES string of the molecule is Clc1ccc(-c2nnc(SCCCCn3ccnc3)o2)c(Cl)c1. The van der Waals surface area contributed by atoms with E-state index in [9.17, 15) is 0 Å². The molecule has 5 nitrogen and oxygen atoms in total. The zero-order valence-corrected chi connectivity index (χ0v) is 14.5. The first-order valence-corrected chi connectivity index (χ1v) is 8.84. The standard InChI is InChI=1S/C15H14Cl2N4OS/c16-11-3-4-12(13(17)9-11)14-19-20-15(22-14)23-8-2-1-6-21-7-5-18-10-21/h3-5,7,9-10H,1-2,6,8H2. The maximum Gasteiger partial charge on any atom is 0.276 e. The second kappa shape index (κ2) is 7.86. The van der Waals surface area contributed by atoms with E-state index in [1.165, 1.54) is 0 Å². The van der Waals surface area contributed by atoms with Gasteiger partial charge >= 0.3 is 0 Å². The summed E-state index contributed by atoms with van der Waals surface area (Å²) in [6, 6.07) is 5.18. The topological polar surface area (TPSA) is 56.7 Å². The molecule has 2 aromatic heterocycles. The van der Waals surface area contributed by atoms with Crippen LogP contribution in [-0.2, 0) is 6.54 Å². The van der Waals surface area contributed by atoms with Crippen LogP contribution in [0.5, 0.6) is 0 Å². The zero-order valence-electron chi connectivity index (χ0n) is 12.2. The summed E-state index contributed by atoms with van der Waals surface area (Å²) in [5, 5.41) is 9.70. The fourth-order valence-corrected chi connectivity index (χ4v) is 3.26. The van der Waals surface area contributed by atoms with Crippen molar-refractivity contribution in [3.05, 3.63) is 47.0 Å². The first-order chi connectivity index (χ1) is 11.2. The Labute approximate surface area is 148 Å². The number of aryl methyl sites for hydroxylation is 1. The van der Waals surface area contributed by atoms with Gasteiger partial charge in [-0.05, 0) is 31.0 Å². The largest absolute Gasteiger partial charge is 0.411 e. The highest BCUT2D eigenvalue weighted by Gasteiger charge is 2.12. The number of hydrogen-bond donors (Lipinski definition) is 0. The van der Waals surface area contributed by atoms with Gasteiger partial charge in [-0.1, -0.05) is 35.0 Å². The van der Waals surface area contributed by atoms with Crippen molar-refractivity contribution in [2.75, 3.05) is 5.75 Å². The molecule has 23 heavy (non-hydrogen) atoms. The monoisotopic (exact) mass is 368 g/mol. The molecule has 0 spiro atoms. The van der Waals surface area contributed by atoms with Crippen molar-refractivity contribution in [1.82, 2.24) is 19.7 Å². The molecule has 0 saturated carbocycles. The number of aromatic nitrogens is 4. The van der Waals surface area contributed by atoms with E-state index in [0.29, 0.717) is 26.7 Å². The third-order valence-corrected chi connectivity index (χ3v) is 4.62. The van der Waals surface area contributed by atoms with E-state index in [1.807, 2.05) is 12.5 Å². The van der Waals surface area contributed by atoms with Crippen molar-refractivity contribution in [2.24, 2.45) is 0 Å².